The zero-order chi connectivity index (χ0) is 21.6. The first-order valence-electron chi connectivity index (χ1n) is 11.2. The van der Waals surface area contributed by atoms with Crippen LogP contribution < -0.4 is 15.0 Å². The molecule has 1 aromatic heterocycles. The van der Waals surface area contributed by atoms with Gasteiger partial charge in [0.25, 0.3) is 0 Å². The number of nitrogens with zero attached hydrogens (tertiary/aromatic N) is 2. The molecular formula is C24H31N3O3S. The lowest BCUT2D eigenvalue weighted by Gasteiger charge is -2.36. The zero-order valence-corrected chi connectivity index (χ0v) is 18.9. The van der Waals surface area contributed by atoms with E-state index in [1.165, 1.54) is 17.7 Å². The summed E-state index contributed by atoms with van der Waals surface area (Å²) in [6, 6.07) is 12.0. The maximum absolute atomic E-state index is 12.8. The van der Waals surface area contributed by atoms with Gasteiger partial charge in [0.05, 0.1) is 18.3 Å². The summed E-state index contributed by atoms with van der Waals surface area (Å²) in [7, 11) is 0. The molecule has 1 fully saturated rings. The predicted octanol–water partition coefficient (Wildman–Crippen LogP) is 3.84. The Kier molecular flexibility index (Phi) is 7.25. The molecule has 2 aliphatic rings. The second kappa shape index (κ2) is 10.3. The quantitative estimate of drug-likeness (QED) is 0.709. The molecule has 2 aliphatic heterocycles. The van der Waals surface area contributed by atoms with Gasteiger partial charge in [-0.25, -0.2) is 0 Å². The van der Waals surface area contributed by atoms with Crippen LogP contribution in [0.5, 0.6) is 5.75 Å². The summed E-state index contributed by atoms with van der Waals surface area (Å²) in [6.07, 6.45) is 2.80. The number of ether oxygens (including phenoxy) is 1. The molecule has 0 saturated carbocycles. The number of thiophene rings is 1. The molecule has 3 heterocycles. The second-order valence-electron chi connectivity index (χ2n) is 8.42. The van der Waals surface area contributed by atoms with Crippen LogP contribution in [0.2, 0.25) is 0 Å². The normalized spacial score (nSPS) is 18.2. The fraction of sp³-hybridized carbons (Fsp3) is 0.500. The van der Waals surface area contributed by atoms with Crippen molar-refractivity contribution in [3.8, 4) is 5.75 Å². The molecule has 31 heavy (non-hydrogen) atoms. The summed E-state index contributed by atoms with van der Waals surface area (Å²) >= 11 is 1.74. The van der Waals surface area contributed by atoms with E-state index < -0.39 is 0 Å². The topological polar surface area (TPSA) is 61.9 Å². The molecule has 7 heteroatoms. The number of amides is 2. The first-order chi connectivity index (χ1) is 15.1. The molecule has 0 radical (unpaired) electrons. The van der Waals surface area contributed by atoms with Crippen LogP contribution in [-0.4, -0.2) is 49.5 Å². The lowest BCUT2D eigenvalue weighted by Crippen LogP contribution is -2.42. The third-order valence-electron chi connectivity index (χ3n) is 6.22. The summed E-state index contributed by atoms with van der Waals surface area (Å²) in [6.45, 7) is 6.02. The number of nitrogens with one attached hydrogen (secondary N) is 1. The molecule has 0 aliphatic carbocycles. The third kappa shape index (κ3) is 5.46. The SMILES string of the molecule is CC1CCN(C(CNC(=O)CCC(=O)N2CCOc3ccccc32)c2cccs2)CC1. The number of fused-ring (bicyclic) bond motifs is 1. The van der Waals surface area contributed by atoms with Crippen LogP contribution in [0.3, 0.4) is 0 Å². The van der Waals surface area contributed by atoms with E-state index in [-0.39, 0.29) is 30.7 Å². The van der Waals surface area contributed by atoms with Crippen LogP contribution in [0.25, 0.3) is 0 Å². The Balaban J connectivity index is 1.29. The van der Waals surface area contributed by atoms with Crippen molar-refractivity contribution in [2.24, 2.45) is 5.92 Å². The first-order valence-corrected chi connectivity index (χ1v) is 12.1. The third-order valence-corrected chi connectivity index (χ3v) is 7.19. The number of rotatable bonds is 7. The zero-order valence-electron chi connectivity index (χ0n) is 18.1. The van der Waals surface area contributed by atoms with E-state index in [0.29, 0.717) is 19.7 Å². The molecule has 166 valence electrons. The summed E-state index contributed by atoms with van der Waals surface area (Å²) in [4.78, 5) is 30.8. The Morgan fingerprint density at radius 2 is 1.94 bits per heavy atom. The molecule has 6 nitrogen and oxygen atoms in total. The average molecular weight is 442 g/mol. The number of carbonyl (C=O) groups excluding carboxylic acids is 2. The van der Waals surface area contributed by atoms with Crippen molar-refractivity contribution < 1.29 is 14.3 Å². The Hall–Kier alpha value is -2.38. The van der Waals surface area contributed by atoms with Gasteiger partial charge in [-0.15, -0.1) is 11.3 Å². The molecule has 2 aromatic rings. The van der Waals surface area contributed by atoms with Gasteiger partial charge < -0.3 is 15.0 Å². The highest BCUT2D eigenvalue weighted by Gasteiger charge is 2.27. The van der Waals surface area contributed by atoms with Gasteiger partial charge in [0.15, 0.2) is 0 Å². The summed E-state index contributed by atoms with van der Waals surface area (Å²) in [5.41, 5.74) is 0.788. The van der Waals surface area contributed by atoms with Gasteiger partial charge in [0, 0.05) is 24.3 Å². The van der Waals surface area contributed by atoms with Crippen molar-refractivity contribution >= 4 is 28.8 Å². The number of para-hydroxylation sites is 2. The molecule has 1 saturated heterocycles. The lowest BCUT2D eigenvalue weighted by atomic mass is 9.97. The van der Waals surface area contributed by atoms with Crippen LogP contribution in [-0.2, 0) is 9.59 Å². The van der Waals surface area contributed by atoms with Crippen LogP contribution in [0.15, 0.2) is 41.8 Å². The number of benzene rings is 1. The Labute approximate surface area is 188 Å². The number of hydrogen-bond acceptors (Lipinski definition) is 5. The minimum absolute atomic E-state index is 0.0364. The monoisotopic (exact) mass is 441 g/mol. The van der Waals surface area contributed by atoms with Crippen molar-refractivity contribution in [2.45, 2.75) is 38.6 Å². The van der Waals surface area contributed by atoms with Crippen molar-refractivity contribution in [1.82, 2.24) is 10.2 Å². The van der Waals surface area contributed by atoms with E-state index in [9.17, 15) is 9.59 Å². The van der Waals surface area contributed by atoms with Crippen molar-refractivity contribution in [3.05, 3.63) is 46.7 Å². The van der Waals surface area contributed by atoms with Crippen LogP contribution in [0, 0.1) is 5.92 Å². The summed E-state index contributed by atoms with van der Waals surface area (Å²) in [5.74, 6) is 1.39. The van der Waals surface area contributed by atoms with Gasteiger partial charge in [-0.1, -0.05) is 25.1 Å². The number of carbonyl (C=O) groups is 2. The van der Waals surface area contributed by atoms with Crippen molar-refractivity contribution in [2.75, 3.05) is 37.7 Å². The lowest BCUT2D eigenvalue weighted by molar-refractivity contribution is -0.125. The predicted molar refractivity (Wildman–Crippen MR) is 124 cm³/mol. The number of piperidine rings is 1. The minimum Gasteiger partial charge on any atom is -0.490 e. The number of anilines is 1. The maximum Gasteiger partial charge on any atom is 0.227 e. The van der Waals surface area contributed by atoms with Crippen molar-refractivity contribution in [1.29, 1.82) is 0 Å². The summed E-state index contributed by atoms with van der Waals surface area (Å²) < 4.78 is 5.62. The molecular weight excluding hydrogens is 410 g/mol. The van der Waals surface area contributed by atoms with Crippen molar-refractivity contribution in [3.63, 3.8) is 0 Å². The van der Waals surface area contributed by atoms with Gasteiger partial charge in [0.2, 0.25) is 11.8 Å². The molecule has 2 amide bonds. The fourth-order valence-electron chi connectivity index (χ4n) is 4.31. The fourth-order valence-corrected chi connectivity index (χ4v) is 5.17. The van der Waals surface area contributed by atoms with Gasteiger partial charge in [0.1, 0.15) is 12.4 Å². The van der Waals surface area contributed by atoms with E-state index in [1.54, 1.807) is 16.2 Å². The van der Waals surface area contributed by atoms with E-state index in [4.69, 9.17) is 4.74 Å². The first kappa shape index (κ1) is 21.8. The van der Waals surface area contributed by atoms with E-state index in [0.717, 1.165) is 30.4 Å². The smallest absolute Gasteiger partial charge is 0.227 e. The van der Waals surface area contributed by atoms with Crippen LogP contribution >= 0.6 is 11.3 Å². The highest BCUT2D eigenvalue weighted by Crippen LogP contribution is 2.32. The van der Waals surface area contributed by atoms with Gasteiger partial charge >= 0.3 is 0 Å². The van der Waals surface area contributed by atoms with Gasteiger partial charge in [-0.2, -0.15) is 0 Å². The Bertz CT molecular complexity index is 878. The Morgan fingerprint density at radius 3 is 2.71 bits per heavy atom. The standard InChI is InChI=1S/C24H31N3O3S/c1-18-10-12-26(13-11-18)20(22-7-4-16-31-22)17-25-23(28)8-9-24(29)27-14-15-30-21-6-3-2-5-19(21)27/h2-7,16,18,20H,8-15,17H2,1H3,(H,25,28). The highest BCUT2D eigenvalue weighted by atomic mass is 32.1. The molecule has 0 spiro atoms. The molecule has 1 N–H and O–H groups in total. The largest absolute Gasteiger partial charge is 0.490 e. The Morgan fingerprint density at radius 1 is 1.13 bits per heavy atom. The number of hydrogen-bond donors (Lipinski definition) is 1. The molecule has 1 atom stereocenters. The molecule has 0 bridgehead atoms. The average Bonchev–Trinajstić information content (AvgIpc) is 3.33. The minimum atomic E-state index is -0.0678. The summed E-state index contributed by atoms with van der Waals surface area (Å²) in [5, 5.41) is 5.18. The van der Waals surface area contributed by atoms with E-state index in [1.807, 2.05) is 24.3 Å². The van der Waals surface area contributed by atoms with E-state index in [2.05, 4.69) is 34.7 Å². The van der Waals surface area contributed by atoms with Gasteiger partial charge in [-0.05, 0) is 55.4 Å². The highest BCUT2D eigenvalue weighted by molar-refractivity contribution is 7.10. The van der Waals surface area contributed by atoms with Crippen LogP contribution in [0.1, 0.15) is 43.5 Å². The second-order valence-corrected chi connectivity index (χ2v) is 9.39. The van der Waals surface area contributed by atoms with E-state index >= 15 is 0 Å². The maximum atomic E-state index is 12.8. The molecule has 1 unspecified atom stereocenters. The molecule has 4 rings (SSSR count). The van der Waals surface area contributed by atoms with Crippen LogP contribution in [0.4, 0.5) is 5.69 Å². The number of likely N-dealkylation sites (tertiary alicyclic amines) is 1. The molecule has 1 aromatic carbocycles. The van der Waals surface area contributed by atoms with Gasteiger partial charge in [-0.3, -0.25) is 14.5 Å².